The molecule has 1 rings (SSSR count). The fraction of sp³-hybridized carbons (Fsp3) is 0.917. The summed E-state index contributed by atoms with van der Waals surface area (Å²) in [5.74, 6) is 0.0891. The van der Waals surface area contributed by atoms with E-state index in [1.165, 1.54) is 0 Å². The van der Waals surface area contributed by atoms with E-state index in [1.807, 2.05) is 4.90 Å². The van der Waals surface area contributed by atoms with Gasteiger partial charge in [0.25, 0.3) is 0 Å². The Morgan fingerprint density at radius 2 is 1.88 bits per heavy atom. The minimum absolute atomic E-state index is 0. The highest BCUT2D eigenvalue weighted by molar-refractivity contribution is 5.85. The molecule has 16 heavy (non-hydrogen) atoms. The van der Waals surface area contributed by atoms with Gasteiger partial charge in [-0.3, -0.25) is 4.79 Å². The van der Waals surface area contributed by atoms with E-state index in [-0.39, 0.29) is 18.3 Å². The van der Waals surface area contributed by atoms with Crippen molar-refractivity contribution < 1.29 is 4.79 Å². The summed E-state index contributed by atoms with van der Waals surface area (Å²) in [6.07, 6.45) is 3.43. The molecule has 2 N–H and O–H groups in total. The normalized spacial score (nSPS) is 19.4. The zero-order chi connectivity index (χ0) is 11.7. The topological polar surface area (TPSA) is 46.3 Å². The number of nitrogens with zero attached hydrogens (tertiary/aromatic N) is 1. The average Bonchev–Trinajstić information content (AvgIpc) is 2.60. The maximum Gasteiger partial charge on any atom is 0.242 e. The standard InChI is InChI=1S/C12H24N2O.ClH/c1-5-12(6-2)7-8-14(9-12)10(15)11(3,4)13;/h5-9,13H2,1-4H3;1H. The number of rotatable bonds is 3. The van der Waals surface area contributed by atoms with Crippen molar-refractivity contribution in [1.82, 2.24) is 4.90 Å². The summed E-state index contributed by atoms with van der Waals surface area (Å²) in [4.78, 5) is 13.9. The highest BCUT2D eigenvalue weighted by Gasteiger charge is 2.39. The van der Waals surface area contributed by atoms with Gasteiger partial charge < -0.3 is 10.6 Å². The van der Waals surface area contributed by atoms with E-state index in [0.29, 0.717) is 5.41 Å². The van der Waals surface area contributed by atoms with Crippen molar-refractivity contribution in [3.05, 3.63) is 0 Å². The van der Waals surface area contributed by atoms with Gasteiger partial charge in [0, 0.05) is 13.1 Å². The minimum Gasteiger partial charge on any atom is -0.341 e. The zero-order valence-electron chi connectivity index (χ0n) is 10.9. The van der Waals surface area contributed by atoms with Crippen molar-refractivity contribution >= 4 is 18.3 Å². The van der Waals surface area contributed by atoms with Gasteiger partial charge in [0.05, 0.1) is 5.54 Å². The summed E-state index contributed by atoms with van der Waals surface area (Å²) in [6.45, 7) is 9.76. The van der Waals surface area contributed by atoms with Gasteiger partial charge in [-0.15, -0.1) is 12.4 Å². The molecule has 1 aliphatic rings. The number of amides is 1. The van der Waals surface area contributed by atoms with Gasteiger partial charge in [0.1, 0.15) is 0 Å². The van der Waals surface area contributed by atoms with Gasteiger partial charge in [0.2, 0.25) is 5.91 Å². The second-order valence-corrected chi connectivity index (χ2v) is 5.41. The number of nitrogens with two attached hydrogens (primary N) is 1. The number of carbonyl (C=O) groups is 1. The van der Waals surface area contributed by atoms with Crippen molar-refractivity contribution in [2.45, 2.75) is 52.5 Å². The highest BCUT2D eigenvalue weighted by Crippen LogP contribution is 2.37. The van der Waals surface area contributed by atoms with Crippen LogP contribution in [0.5, 0.6) is 0 Å². The molecule has 0 saturated carbocycles. The van der Waals surface area contributed by atoms with Gasteiger partial charge in [-0.2, -0.15) is 0 Å². The van der Waals surface area contributed by atoms with E-state index in [9.17, 15) is 4.79 Å². The molecule has 96 valence electrons. The quantitative estimate of drug-likeness (QED) is 0.832. The van der Waals surface area contributed by atoms with Crippen LogP contribution in [-0.2, 0) is 4.79 Å². The lowest BCUT2D eigenvalue weighted by Gasteiger charge is -2.29. The second kappa shape index (κ2) is 5.37. The maximum atomic E-state index is 12.0. The molecule has 1 fully saturated rings. The maximum absolute atomic E-state index is 12.0. The summed E-state index contributed by atoms with van der Waals surface area (Å²) >= 11 is 0. The Balaban J connectivity index is 0.00000225. The summed E-state index contributed by atoms with van der Waals surface area (Å²) in [7, 11) is 0. The van der Waals surface area contributed by atoms with Crippen LogP contribution in [0.4, 0.5) is 0 Å². The van der Waals surface area contributed by atoms with Gasteiger partial charge in [0.15, 0.2) is 0 Å². The predicted molar refractivity (Wildman–Crippen MR) is 69.7 cm³/mol. The molecule has 4 heteroatoms. The number of likely N-dealkylation sites (tertiary alicyclic amines) is 1. The molecule has 0 unspecified atom stereocenters. The van der Waals surface area contributed by atoms with Crippen LogP contribution >= 0.6 is 12.4 Å². The molecule has 0 aromatic rings. The molecule has 0 bridgehead atoms. The molecular formula is C12H25ClN2O. The SMILES string of the molecule is CCC1(CC)CCN(C(=O)C(C)(C)N)C1.Cl. The van der Waals surface area contributed by atoms with Crippen LogP contribution in [0.2, 0.25) is 0 Å². The van der Waals surface area contributed by atoms with Crippen LogP contribution in [0.15, 0.2) is 0 Å². The smallest absolute Gasteiger partial charge is 0.242 e. The summed E-state index contributed by atoms with van der Waals surface area (Å²) < 4.78 is 0. The molecule has 1 saturated heterocycles. The summed E-state index contributed by atoms with van der Waals surface area (Å²) in [5, 5.41) is 0. The first-order chi connectivity index (χ1) is 6.84. The number of halogens is 1. The first-order valence-corrected chi connectivity index (χ1v) is 5.93. The van der Waals surface area contributed by atoms with Crippen molar-refractivity contribution in [2.24, 2.45) is 11.1 Å². The number of hydrogen-bond acceptors (Lipinski definition) is 2. The Kier molecular flexibility index (Phi) is 5.27. The summed E-state index contributed by atoms with van der Waals surface area (Å²) in [5.41, 5.74) is 5.46. The molecule has 1 aliphatic heterocycles. The molecule has 0 radical (unpaired) electrons. The Hall–Kier alpha value is -0.280. The van der Waals surface area contributed by atoms with Gasteiger partial charge in [-0.1, -0.05) is 13.8 Å². The molecule has 0 aromatic carbocycles. The minimum atomic E-state index is -0.725. The lowest BCUT2D eigenvalue weighted by Crippen LogP contribution is -2.50. The molecule has 0 aliphatic carbocycles. The molecule has 0 atom stereocenters. The first-order valence-electron chi connectivity index (χ1n) is 5.93. The van der Waals surface area contributed by atoms with E-state index < -0.39 is 5.54 Å². The molecule has 0 spiro atoms. The lowest BCUT2D eigenvalue weighted by atomic mass is 9.82. The lowest BCUT2D eigenvalue weighted by molar-refractivity contribution is -0.135. The molecule has 1 amide bonds. The second-order valence-electron chi connectivity index (χ2n) is 5.41. The largest absolute Gasteiger partial charge is 0.341 e. The third-order valence-corrected chi connectivity index (χ3v) is 3.78. The van der Waals surface area contributed by atoms with Gasteiger partial charge >= 0.3 is 0 Å². The van der Waals surface area contributed by atoms with E-state index >= 15 is 0 Å². The van der Waals surface area contributed by atoms with E-state index in [0.717, 1.165) is 32.4 Å². The third-order valence-electron chi connectivity index (χ3n) is 3.78. The molecular weight excluding hydrogens is 224 g/mol. The van der Waals surface area contributed by atoms with Crippen LogP contribution in [-0.4, -0.2) is 29.4 Å². The van der Waals surface area contributed by atoms with E-state index in [2.05, 4.69) is 13.8 Å². The first kappa shape index (κ1) is 15.7. The van der Waals surface area contributed by atoms with Crippen molar-refractivity contribution in [3.63, 3.8) is 0 Å². The van der Waals surface area contributed by atoms with Crippen molar-refractivity contribution in [3.8, 4) is 0 Å². The number of carbonyl (C=O) groups excluding carboxylic acids is 1. The van der Waals surface area contributed by atoms with Crippen LogP contribution < -0.4 is 5.73 Å². The summed E-state index contributed by atoms with van der Waals surface area (Å²) in [6, 6.07) is 0. The van der Waals surface area contributed by atoms with Gasteiger partial charge in [-0.05, 0) is 38.5 Å². The fourth-order valence-electron chi connectivity index (χ4n) is 2.34. The Bertz CT molecular complexity index is 244. The molecule has 1 heterocycles. The third kappa shape index (κ3) is 3.11. The Morgan fingerprint density at radius 1 is 1.38 bits per heavy atom. The van der Waals surface area contributed by atoms with Crippen molar-refractivity contribution in [2.75, 3.05) is 13.1 Å². The van der Waals surface area contributed by atoms with Crippen LogP contribution in [0.1, 0.15) is 47.0 Å². The predicted octanol–water partition coefficient (Wildman–Crippen LogP) is 2.18. The Morgan fingerprint density at radius 3 is 2.19 bits per heavy atom. The van der Waals surface area contributed by atoms with E-state index in [4.69, 9.17) is 5.73 Å². The molecule has 3 nitrogen and oxygen atoms in total. The monoisotopic (exact) mass is 248 g/mol. The Labute approximate surface area is 105 Å². The average molecular weight is 249 g/mol. The van der Waals surface area contributed by atoms with Crippen molar-refractivity contribution in [1.29, 1.82) is 0 Å². The molecule has 0 aromatic heterocycles. The highest BCUT2D eigenvalue weighted by atomic mass is 35.5. The zero-order valence-corrected chi connectivity index (χ0v) is 11.7. The number of hydrogen-bond donors (Lipinski definition) is 1. The van der Waals surface area contributed by atoms with E-state index in [1.54, 1.807) is 13.8 Å². The van der Waals surface area contributed by atoms with Crippen LogP contribution in [0.25, 0.3) is 0 Å². The fourth-order valence-corrected chi connectivity index (χ4v) is 2.34. The van der Waals surface area contributed by atoms with Crippen LogP contribution in [0.3, 0.4) is 0 Å². The van der Waals surface area contributed by atoms with Crippen LogP contribution in [0, 0.1) is 5.41 Å². The van der Waals surface area contributed by atoms with Gasteiger partial charge in [-0.25, -0.2) is 0 Å².